The van der Waals surface area contributed by atoms with Gasteiger partial charge < -0.3 is 14.6 Å². The molecular formula is C13H19NO6S. The average Bonchev–Trinajstić information content (AvgIpc) is 2.44. The molecule has 8 heteroatoms. The highest BCUT2D eigenvalue weighted by atomic mass is 32.2. The number of hydrogen-bond acceptors (Lipinski definition) is 5. The largest absolute Gasteiger partial charge is 0.497 e. The Morgan fingerprint density at radius 1 is 1.33 bits per heavy atom. The van der Waals surface area contributed by atoms with E-state index in [0.29, 0.717) is 5.75 Å². The minimum absolute atomic E-state index is 0.0228. The molecule has 2 N–H and O–H groups in total. The number of benzene rings is 1. The lowest BCUT2D eigenvalue weighted by Crippen LogP contribution is -2.29. The topological polar surface area (TPSA) is 102 Å². The van der Waals surface area contributed by atoms with E-state index in [9.17, 15) is 13.2 Å². The van der Waals surface area contributed by atoms with Gasteiger partial charge in [0, 0.05) is 19.0 Å². The summed E-state index contributed by atoms with van der Waals surface area (Å²) in [5.74, 6) is -0.724. The van der Waals surface area contributed by atoms with E-state index in [1.54, 1.807) is 13.0 Å². The zero-order chi connectivity index (χ0) is 16.0. The summed E-state index contributed by atoms with van der Waals surface area (Å²) in [5.41, 5.74) is 0. The highest BCUT2D eigenvalue weighted by Gasteiger charge is 2.21. The van der Waals surface area contributed by atoms with Crippen LogP contribution in [0.25, 0.3) is 0 Å². The molecule has 0 bridgehead atoms. The van der Waals surface area contributed by atoms with Gasteiger partial charge in [-0.15, -0.1) is 0 Å². The minimum Gasteiger partial charge on any atom is -0.497 e. The molecule has 0 aromatic heterocycles. The number of rotatable bonds is 8. The fourth-order valence-corrected chi connectivity index (χ4v) is 3.04. The summed E-state index contributed by atoms with van der Waals surface area (Å²) < 4.78 is 37.0. The summed E-state index contributed by atoms with van der Waals surface area (Å²) in [6.45, 7) is 1.68. The van der Waals surface area contributed by atoms with Crippen LogP contribution in [-0.4, -0.2) is 40.3 Å². The van der Waals surface area contributed by atoms with Crippen molar-refractivity contribution in [3.63, 3.8) is 0 Å². The van der Waals surface area contributed by atoms with Gasteiger partial charge in [0.05, 0.1) is 14.2 Å². The number of nitrogens with one attached hydrogen (secondary N) is 1. The monoisotopic (exact) mass is 317 g/mol. The molecule has 1 rings (SSSR count). The molecule has 0 amide bonds. The first kappa shape index (κ1) is 17.3. The normalized spacial score (nSPS) is 12.7. The number of sulfonamides is 1. The molecule has 7 nitrogen and oxygen atoms in total. The third-order valence-electron chi connectivity index (χ3n) is 2.81. The summed E-state index contributed by atoms with van der Waals surface area (Å²) in [4.78, 5) is 10.5. The van der Waals surface area contributed by atoms with Crippen LogP contribution in [0, 0.1) is 5.92 Å². The molecule has 0 aliphatic heterocycles. The molecule has 0 aliphatic carbocycles. The van der Waals surface area contributed by atoms with Gasteiger partial charge in [-0.05, 0) is 18.1 Å². The molecule has 0 spiro atoms. The second-order valence-corrected chi connectivity index (χ2v) is 6.31. The van der Waals surface area contributed by atoms with Crippen LogP contribution in [0.5, 0.6) is 11.5 Å². The Balaban J connectivity index is 2.94. The van der Waals surface area contributed by atoms with Gasteiger partial charge in [0.15, 0.2) is 0 Å². The van der Waals surface area contributed by atoms with Gasteiger partial charge in [-0.25, -0.2) is 13.1 Å². The Bertz CT molecular complexity index is 599. The zero-order valence-electron chi connectivity index (χ0n) is 12.1. The van der Waals surface area contributed by atoms with Crippen LogP contribution in [0.2, 0.25) is 0 Å². The van der Waals surface area contributed by atoms with E-state index >= 15 is 0 Å². The Morgan fingerprint density at radius 2 is 2.00 bits per heavy atom. The van der Waals surface area contributed by atoms with E-state index in [0.717, 1.165) is 0 Å². The zero-order valence-corrected chi connectivity index (χ0v) is 12.9. The van der Waals surface area contributed by atoms with Crippen LogP contribution >= 0.6 is 0 Å². The smallest absolute Gasteiger partial charge is 0.303 e. The molecule has 0 fully saturated rings. The lowest BCUT2D eigenvalue weighted by molar-refractivity contribution is -0.137. The van der Waals surface area contributed by atoms with E-state index < -0.39 is 16.0 Å². The summed E-state index contributed by atoms with van der Waals surface area (Å²) in [5, 5.41) is 8.67. The molecule has 0 saturated heterocycles. The number of aliphatic carboxylic acids is 1. The van der Waals surface area contributed by atoms with Crippen molar-refractivity contribution in [1.29, 1.82) is 0 Å². The van der Waals surface area contributed by atoms with Crippen LogP contribution in [-0.2, 0) is 14.8 Å². The van der Waals surface area contributed by atoms with Crippen molar-refractivity contribution in [3.8, 4) is 11.5 Å². The standard InChI is InChI=1S/C13H19NO6S/c1-9(6-13(15)16)8-14-21(17,18)12-7-10(19-2)4-5-11(12)20-3/h4-5,7,9,14H,6,8H2,1-3H3,(H,15,16). The molecule has 21 heavy (non-hydrogen) atoms. The fourth-order valence-electron chi connectivity index (χ4n) is 1.69. The summed E-state index contributed by atoms with van der Waals surface area (Å²) in [6, 6.07) is 4.43. The average molecular weight is 317 g/mol. The van der Waals surface area contributed by atoms with Gasteiger partial charge in [-0.2, -0.15) is 0 Å². The SMILES string of the molecule is COc1ccc(OC)c(S(=O)(=O)NCC(C)CC(=O)O)c1. The summed E-state index contributed by atoms with van der Waals surface area (Å²) >= 11 is 0. The number of carboxylic acids is 1. The van der Waals surface area contributed by atoms with E-state index in [-0.39, 0.29) is 29.5 Å². The first-order valence-electron chi connectivity index (χ1n) is 6.23. The van der Waals surface area contributed by atoms with Gasteiger partial charge in [0.2, 0.25) is 10.0 Å². The quantitative estimate of drug-likeness (QED) is 0.744. The summed E-state index contributed by atoms with van der Waals surface area (Å²) in [7, 11) is -1.01. The third-order valence-corrected chi connectivity index (χ3v) is 4.25. The Morgan fingerprint density at radius 3 is 2.52 bits per heavy atom. The van der Waals surface area contributed by atoms with Crippen molar-refractivity contribution in [3.05, 3.63) is 18.2 Å². The van der Waals surface area contributed by atoms with Gasteiger partial charge >= 0.3 is 5.97 Å². The number of methoxy groups -OCH3 is 2. The maximum Gasteiger partial charge on any atom is 0.303 e. The third kappa shape index (κ3) is 4.91. The Kier molecular flexibility index (Phi) is 5.98. The summed E-state index contributed by atoms with van der Waals surface area (Å²) in [6.07, 6.45) is -0.113. The lowest BCUT2D eigenvalue weighted by Gasteiger charge is -2.14. The molecule has 118 valence electrons. The lowest BCUT2D eigenvalue weighted by atomic mass is 10.1. The van der Waals surface area contributed by atoms with Crippen LogP contribution in [0.1, 0.15) is 13.3 Å². The molecule has 0 aliphatic rings. The molecular weight excluding hydrogens is 298 g/mol. The van der Waals surface area contributed by atoms with Crippen molar-refractivity contribution < 1.29 is 27.8 Å². The molecule has 0 heterocycles. The van der Waals surface area contributed by atoms with Gasteiger partial charge in [0.25, 0.3) is 0 Å². The first-order chi connectivity index (χ1) is 9.80. The van der Waals surface area contributed by atoms with E-state index in [4.69, 9.17) is 14.6 Å². The molecule has 1 aromatic carbocycles. The number of carbonyl (C=O) groups is 1. The predicted molar refractivity (Wildman–Crippen MR) is 76.2 cm³/mol. The molecule has 1 aromatic rings. The maximum atomic E-state index is 12.3. The number of carboxylic acid groups (broad SMARTS) is 1. The van der Waals surface area contributed by atoms with E-state index in [2.05, 4.69) is 4.72 Å². The molecule has 0 radical (unpaired) electrons. The van der Waals surface area contributed by atoms with Crippen LogP contribution in [0.3, 0.4) is 0 Å². The van der Waals surface area contributed by atoms with Crippen molar-refractivity contribution in [1.82, 2.24) is 4.72 Å². The van der Waals surface area contributed by atoms with E-state index in [1.807, 2.05) is 0 Å². The van der Waals surface area contributed by atoms with Crippen LogP contribution in [0.4, 0.5) is 0 Å². The van der Waals surface area contributed by atoms with Gasteiger partial charge in [-0.3, -0.25) is 4.79 Å². The Labute approximate surface area is 123 Å². The van der Waals surface area contributed by atoms with E-state index in [1.165, 1.54) is 26.4 Å². The van der Waals surface area contributed by atoms with Gasteiger partial charge in [-0.1, -0.05) is 6.92 Å². The van der Waals surface area contributed by atoms with Crippen LogP contribution < -0.4 is 14.2 Å². The second kappa shape index (κ2) is 7.28. The van der Waals surface area contributed by atoms with Crippen LogP contribution in [0.15, 0.2) is 23.1 Å². The second-order valence-electron chi connectivity index (χ2n) is 4.57. The highest BCUT2D eigenvalue weighted by Crippen LogP contribution is 2.28. The molecule has 1 unspecified atom stereocenters. The van der Waals surface area contributed by atoms with Gasteiger partial charge in [0.1, 0.15) is 16.4 Å². The maximum absolute atomic E-state index is 12.3. The van der Waals surface area contributed by atoms with Crippen molar-refractivity contribution >= 4 is 16.0 Å². The molecule has 1 atom stereocenters. The Hall–Kier alpha value is -1.80. The number of ether oxygens (including phenoxy) is 2. The minimum atomic E-state index is -3.81. The van der Waals surface area contributed by atoms with Crippen molar-refractivity contribution in [2.45, 2.75) is 18.2 Å². The fraction of sp³-hybridized carbons (Fsp3) is 0.462. The highest BCUT2D eigenvalue weighted by molar-refractivity contribution is 7.89. The predicted octanol–water partition coefficient (Wildman–Crippen LogP) is 1.09. The van der Waals surface area contributed by atoms with Crippen molar-refractivity contribution in [2.24, 2.45) is 5.92 Å². The number of hydrogen-bond donors (Lipinski definition) is 2. The first-order valence-corrected chi connectivity index (χ1v) is 7.72. The van der Waals surface area contributed by atoms with Crippen molar-refractivity contribution in [2.75, 3.05) is 20.8 Å². The molecule has 0 saturated carbocycles.